The zero-order valence-electron chi connectivity index (χ0n) is 9.35. The molecule has 0 fully saturated rings. The fraction of sp³-hybridized carbons (Fsp3) is 0.500. The summed E-state index contributed by atoms with van der Waals surface area (Å²) >= 11 is 0. The summed E-state index contributed by atoms with van der Waals surface area (Å²) in [6, 6.07) is 0.115. The largest absolute Gasteiger partial charge is 0.328 e. The fourth-order valence-electron chi connectivity index (χ4n) is 1.82. The maximum absolute atomic E-state index is 12.1. The summed E-state index contributed by atoms with van der Waals surface area (Å²) in [6.45, 7) is 5.77. The molecule has 0 atom stereocenters. The summed E-state index contributed by atoms with van der Waals surface area (Å²) in [7, 11) is 1.80. The highest BCUT2D eigenvalue weighted by Crippen LogP contribution is 2.09. The van der Waals surface area contributed by atoms with Crippen LogP contribution in [0.3, 0.4) is 0 Å². The minimum absolute atomic E-state index is 0.0208. The normalized spacial score (nSPS) is 11.5. The average Bonchev–Trinajstić information content (AvgIpc) is 2.46. The van der Waals surface area contributed by atoms with Crippen molar-refractivity contribution in [3.05, 3.63) is 22.5 Å². The third-order valence-corrected chi connectivity index (χ3v) is 2.47. The molecule has 80 valence electrons. The van der Waals surface area contributed by atoms with E-state index in [1.54, 1.807) is 22.5 Å². The van der Waals surface area contributed by atoms with E-state index in [2.05, 4.69) is 9.97 Å². The molecule has 0 saturated heterocycles. The Balaban J connectivity index is 2.94. The first-order chi connectivity index (χ1) is 7.02. The number of aromatic nitrogens is 4. The van der Waals surface area contributed by atoms with Crippen LogP contribution in [0.25, 0.3) is 11.2 Å². The minimum atomic E-state index is -0.0208. The standard InChI is InChI=1S/C10H14N4O/c1-6(2)14-7(3)12-9-8(10(14)15)13(4)5-11-9/h5-6H,1-4H3. The van der Waals surface area contributed by atoms with Gasteiger partial charge in [-0.3, -0.25) is 9.36 Å². The number of hydrogen-bond acceptors (Lipinski definition) is 3. The van der Waals surface area contributed by atoms with E-state index in [1.165, 1.54) is 0 Å². The van der Waals surface area contributed by atoms with Crippen LogP contribution in [0.5, 0.6) is 0 Å². The zero-order chi connectivity index (χ0) is 11.2. The highest BCUT2D eigenvalue weighted by molar-refractivity contribution is 5.69. The maximum atomic E-state index is 12.1. The highest BCUT2D eigenvalue weighted by atomic mass is 16.1. The second-order valence-electron chi connectivity index (χ2n) is 3.96. The van der Waals surface area contributed by atoms with Crippen molar-refractivity contribution in [2.24, 2.45) is 7.05 Å². The first-order valence-corrected chi connectivity index (χ1v) is 4.92. The topological polar surface area (TPSA) is 52.7 Å². The van der Waals surface area contributed by atoms with E-state index < -0.39 is 0 Å². The Kier molecular flexibility index (Phi) is 2.10. The van der Waals surface area contributed by atoms with Gasteiger partial charge in [0.1, 0.15) is 5.82 Å². The Hall–Kier alpha value is -1.65. The van der Waals surface area contributed by atoms with Crippen LogP contribution in [0.2, 0.25) is 0 Å². The number of hydrogen-bond donors (Lipinski definition) is 0. The lowest BCUT2D eigenvalue weighted by Crippen LogP contribution is -2.26. The first kappa shape index (κ1) is 9.89. The summed E-state index contributed by atoms with van der Waals surface area (Å²) in [4.78, 5) is 20.5. The molecule has 0 unspecified atom stereocenters. The van der Waals surface area contributed by atoms with Crippen molar-refractivity contribution in [3.8, 4) is 0 Å². The van der Waals surface area contributed by atoms with E-state index in [4.69, 9.17) is 0 Å². The van der Waals surface area contributed by atoms with Gasteiger partial charge in [0.25, 0.3) is 5.56 Å². The highest BCUT2D eigenvalue weighted by Gasteiger charge is 2.13. The van der Waals surface area contributed by atoms with Crippen LogP contribution in [-0.4, -0.2) is 19.1 Å². The number of aryl methyl sites for hydroxylation is 2. The maximum Gasteiger partial charge on any atom is 0.280 e. The minimum Gasteiger partial charge on any atom is -0.328 e. The van der Waals surface area contributed by atoms with Crippen LogP contribution in [0.4, 0.5) is 0 Å². The lowest BCUT2D eigenvalue weighted by atomic mass is 10.3. The van der Waals surface area contributed by atoms with E-state index in [9.17, 15) is 4.79 Å². The molecule has 0 aliphatic carbocycles. The van der Waals surface area contributed by atoms with Crippen LogP contribution in [-0.2, 0) is 7.05 Å². The Bertz CT molecular complexity index is 565. The van der Waals surface area contributed by atoms with E-state index in [0.29, 0.717) is 17.0 Å². The quantitative estimate of drug-likeness (QED) is 0.700. The molecule has 0 spiro atoms. The molecule has 2 rings (SSSR count). The summed E-state index contributed by atoms with van der Waals surface area (Å²) in [5.74, 6) is 0.709. The predicted octanol–water partition coefficient (Wildman–Crippen LogP) is 1.02. The third kappa shape index (κ3) is 1.35. The molecule has 0 N–H and O–H groups in total. The molecular formula is C10H14N4O. The van der Waals surface area contributed by atoms with Gasteiger partial charge in [-0.15, -0.1) is 0 Å². The molecule has 0 aliphatic rings. The number of fused-ring (bicyclic) bond motifs is 1. The smallest absolute Gasteiger partial charge is 0.280 e. The van der Waals surface area contributed by atoms with Crippen molar-refractivity contribution >= 4 is 11.2 Å². The molecule has 0 radical (unpaired) electrons. The zero-order valence-corrected chi connectivity index (χ0v) is 9.35. The molecular weight excluding hydrogens is 192 g/mol. The lowest BCUT2D eigenvalue weighted by Gasteiger charge is -2.12. The van der Waals surface area contributed by atoms with Crippen LogP contribution >= 0.6 is 0 Å². The number of imidazole rings is 1. The first-order valence-electron chi connectivity index (χ1n) is 4.92. The van der Waals surface area contributed by atoms with Crippen molar-refractivity contribution in [2.75, 3.05) is 0 Å². The number of rotatable bonds is 1. The van der Waals surface area contributed by atoms with Crippen molar-refractivity contribution in [1.29, 1.82) is 0 Å². The molecule has 15 heavy (non-hydrogen) atoms. The average molecular weight is 206 g/mol. The molecule has 5 nitrogen and oxygen atoms in total. The molecule has 2 heterocycles. The van der Waals surface area contributed by atoms with Gasteiger partial charge in [0.15, 0.2) is 11.2 Å². The second-order valence-corrected chi connectivity index (χ2v) is 3.96. The molecule has 2 aromatic heterocycles. The Morgan fingerprint density at radius 1 is 1.40 bits per heavy atom. The van der Waals surface area contributed by atoms with Crippen molar-refractivity contribution < 1.29 is 0 Å². The van der Waals surface area contributed by atoms with Gasteiger partial charge in [-0.05, 0) is 20.8 Å². The van der Waals surface area contributed by atoms with Crippen LogP contribution < -0.4 is 5.56 Å². The van der Waals surface area contributed by atoms with Gasteiger partial charge in [0.05, 0.1) is 6.33 Å². The Morgan fingerprint density at radius 2 is 2.07 bits per heavy atom. The van der Waals surface area contributed by atoms with Crippen molar-refractivity contribution in [1.82, 2.24) is 19.1 Å². The fourth-order valence-corrected chi connectivity index (χ4v) is 1.82. The second kappa shape index (κ2) is 3.18. The monoisotopic (exact) mass is 206 g/mol. The van der Waals surface area contributed by atoms with Crippen molar-refractivity contribution in [2.45, 2.75) is 26.8 Å². The molecule has 0 aliphatic heterocycles. The van der Waals surface area contributed by atoms with Gasteiger partial charge in [-0.1, -0.05) is 0 Å². The SMILES string of the molecule is Cc1nc2ncn(C)c2c(=O)n1C(C)C. The van der Waals surface area contributed by atoms with Gasteiger partial charge in [-0.2, -0.15) is 0 Å². The Labute approximate surface area is 87.4 Å². The lowest BCUT2D eigenvalue weighted by molar-refractivity contribution is 0.553. The predicted molar refractivity (Wildman–Crippen MR) is 57.9 cm³/mol. The van der Waals surface area contributed by atoms with Crippen LogP contribution in [0.1, 0.15) is 25.7 Å². The van der Waals surface area contributed by atoms with Gasteiger partial charge in [0, 0.05) is 13.1 Å². The summed E-state index contributed by atoms with van der Waals surface area (Å²) in [5.41, 5.74) is 1.07. The van der Waals surface area contributed by atoms with E-state index >= 15 is 0 Å². The van der Waals surface area contributed by atoms with Crippen LogP contribution in [0, 0.1) is 6.92 Å². The molecule has 0 amide bonds. The van der Waals surface area contributed by atoms with E-state index in [1.807, 2.05) is 20.8 Å². The molecule has 0 aromatic carbocycles. The van der Waals surface area contributed by atoms with Gasteiger partial charge >= 0.3 is 0 Å². The van der Waals surface area contributed by atoms with Crippen molar-refractivity contribution in [3.63, 3.8) is 0 Å². The molecule has 2 aromatic rings. The van der Waals surface area contributed by atoms with Gasteiger partial charge in [-0.25, -0.2) is 9.97 Å². The summed E-state index contributed by atoms with van der Waals surface area (Å²) in [5, 5.41) is 0. The third-order valence-electron chi connectivity index (χ3n) is 2.47. The van der Waals surface area contributed by atoms with Gasteiger partial charge < -0.3 is 4.57 Å². The van der Waals surface area contributed by atoms with Crippen LogP contribution in [0.15, 0.2) is 11.1 Å². The number of nitrogens with zero attached hydrogens (tertiary/aromatic N) is 4. The summed E-state index contributed by atoms with van der Waals surface area (Å²) < 4.78 is 3.40. The van der Waals surface area contributed by atoms with E-state index in [-0.39, 0.29) is 11.6 Å². The molecule has 0 saturated carbocycles. The molecule has 5 heteroatoms. The summed E-state index contributed by atoms with van der Waals surface area (Å²) in [6.07, 6.45) is 1.61. The van der Waals surface area contributed by atoms with E-state index in [0.717, 1.165) is 0 Å². The molecule has 0 bridgehead atoms. The van der Waals surface area contributed by atoms with Gasteiger partial charge in [0.2, 0.25) is 0 Å². The Morgan fingerprint density at radius 3 is 2.67 bits per heavy atom.